The third-order valence-electron chi connectivity index (χ3n) is 3.07. The molecule has 0 saturated heterocycles. The van der Waals surface area contributed by atoms with Crippen molar-refractivity contribution < 1.29 is 9.18 Å². The minimum atomic E-state index is -0.480. The van der Waals surface area contributed by atoms with E-state index in [1.165, 1.54) is 24.5 Å². The first kappa shape index (κ1) is 14.9. The molecule has 0 saturated carbocycles. The van der Waals surface area contributed by atoms with Crippen molar-refractivity contribution >= 4 is 17.5 Å². The van der Waals surface area contributed by atoms with E-state index in [9.17, 15) is 9.18 Å². The largest absolute Gasteiger partial charge is 0.341 e. The molecule has 0 bridgehead atoms. The van der Waals surface area contributed by atoms with Crippen molar-refractivity contribution in [3.05, 3.63) is 48.0 Å². The fraction of sp³-hybridized carbons (Fsp3) is 0.267. The number of hydrogen-bond acceptors (Lipinski definition) is 4. The van der Waals surface area contributed by atoms with E-state index in [1.807, 2.05) is 18.7 Å². The molecule has 1 amide bonds. The van der Waals surface area contributed by atoms with Crippen molar-refractivity contribution in [3.8, 4) is 0 Å². The molecule has 0 aliphatic carbocycles. The van der Waals surface area contributed by atoms with Crippen molar-refractivity contribution in [2.45, 2.75) is 13.8 Å². The molecule has 0 spiro atoms. The predicted octanol–water partition coefficient (Wildman–Crippen LogP) is 2.71. The number of nitrogens with one attached hydrogen (secondary N) is 1. The Balaban J connectivity index is 2.12. The number of para-hydroxylation sites is 1. The summed E-state index contributed by atoms with van der Waals surface area (Å²) in [7, 11) is 0. The van der Waals surface area contributed by atoms with Gasteiger partial charge in [0.1, 0.15) is 5.82 Å². The molecule has 1 heterocycles. The number of carbonyl (C=O) groups excluding carboxylic acids is 1. The smallest absolute Gasteiger partial charge is 0.258 e. The monoisotopic (exact) mass is 288 g/mol. The topological polar surface area (TPSA) is 58.1 Å². The summed E-state index contributed by atoms with van der Waals surface area (Å²) in [5.41, 5.74) is 0.421. The van der Waals surface area contributed by atoms with Crippen LogP contribution in [0.1, 0.15) is 24.2 Å². The molecule has 0 fully saturated rings. The average Bonchev–Trinajstić information content (AvgIpc) is 2.51. The Bertz CT molecular complexity index is 611. The van der Waals surface area contributed by atoms with Gasteiger partial charge < -0.3 is 10.2 Å². The van der Waals surface area contributed by atoms with E-state index < -0.39 is 11.7 Å². The first-order valence-corrected chi connectivity index (χ1v) is 6.78. The standard InChI is InChI=1S/C15H17FN4O/c1-3-20(4-2)15-17-9-11(10-18-15)14(21)19-13-8-6-5-7-12(13)16/h5-10H,3-4H2,1-2H3,(H,19,21). The van der Waals surface area contributed by atoms with Crippen LogP contribution in [-0.4, -0.2) is 29.0 Å². The van der Waals surface area contributed by atoms with Crippen LogP contribution in [0.2, 0.25) is 0 Å². The molecule has 110 valence electrons. The lowest BCUT2D eigenvalue weighted by Gasteiger charge is -2.18. The molecule has 2 aromatic rings. The number of hydrogen-bond donors (Lipinski definition) is 1. The van der Waals surface area contributed by atoms with Crippen molar-refractivity contribution in [1.82, 2.24) is 9.97 Å². The summed E-state index contributed by atoms with van der Waals surface area (Å²) < 4.78 is 13.5. The van der Waals surface area contributed by atoms with Crippen molar-refractivity contribution in [2.24, 2.45) is 0 Å². The van der Waals surface area contributed by atoms with Gasteiger partial charge in [-0.2, -0.15) is 0 Å². The van der Waals surface area contributed by atoms with Gasteiger partial charge >= 0.3 is 0 Å². The number of carbonyl (C=O) groups is 1. The Morgan fingerprint density at radius 3 is 2.38 bits per heavy atom. The van der Waals surface area contributed by atoms with Crippen LogP contribution in [0.3, 0.4) is 0 Å². The quantitative estimate of drug-likeness (QED) is 0.919. The zero-order valence-corrected chi connectivity index (χ0v) is 12.0. The summed E-state index contributed by atoms with van der Waals surface area (Å²) in [5.74, 6) is -0.347. The predicted molar refractivity (Wildman–Crippen MR) is 79.9 cm³/mol. The number of anilines is 2. The average molecular weight is 288 g/mol. The second-order valence-corrected chi connectivity index (χ2v) is 4.38. The molecule has 5 nitrogen and oxygen atoms in total. The maximum Gasteiger partial charge on any atom is 0.258 e. The fourth-order valence-electron chi connectivity index (χ4n) is 1.87. The van der Waals surface area contributed by atoms with Gasteiger partial charge in [-0.25, -0.2) is 14.4 Å². The van der Waals surface area contributed by atoms with Gasteiger partial charge in [0, 0.05) is 25.5 Å². The van der Waals surface area contributed by atoms with Crippen LogP contribution in [0.5, 0.6) is 0 Å². The molecule has 2 rings (SSSR count). The van der Waals surface area contributed by atoms with Crippen LogP contribution >= 0.6 is 0 Å². The van der Waals surface area contributed by atoms with Gasteiger partial charge in [0.15, 0.2) is 0 Å². The highest BCUT2D eigenvalue weighted by Crippen LogP contribution is 2.14. The van der Waals surface area contributed by atoms with Crippen molar-refractivity contribution in [2.75, 3.05) is 23.3 Å². The highest BCUT2D eigenvalue weighted by atomic mass is 19.1. The zero-order valence-electron chi connectivity index (χ0n) is 12.0. The highest BCUT2D eigenvalue weighted by molar-refractivity contribution is 6.03. The molecule has 21 heavy (non-hydrogen) atoms. The number of halogens is 1. The van der Waals surface area contributed by atoms with Crippen LogP contribution in [0.4, 0.5) is 16.0 Å². The summed E-state index contributed by atoms with van der Waals surface area (Å²) in [6, 6.07) is 6.00. The van der Waals surface area contributed by atoms with Gasteiger partial charge in [-0.1, -0.05) is 12.1 Å². The van der Waals surface area contributed by atoms with Crippen LogP contribution in [0.25, 0.3) is 0 Å². The maximum atomic E-state index is 13.5. The summed E-state index contributed by atoms with van der Waals surface area (Å²) in [5, 5.41) is 2.50. The molecule has 1 aromatic carbocycles. The second kappa shape index (κ2) is 6.78. The number of rotatable bonds is 5. The molecule has 0 unspecified atom stereocenters. The lowest BCUT2D eigenvalue weighted by atomic mass is 10.2. The Hall–Kier alpha value is -2.50. The van der Waals surface area contributed by atoms with Gasteiger partial charge in [0.05, 0.1) is 11.3 Å². The highest BCUT2D eigenvalue weighted by Gasteiger charge is 2.11. The van der Waals surface area contributed by atoms with E-state index in [1.54, 1.807) is 12.1 Å². The Kier molecular flexibility index (Phi) is 4.81. The summed E-state index contributed by atoms with van der Waals surface area (Å²) >= 11 is 0. The van der Waals surface area contributed by atoms with E-state index in [0.29, 0.717) is 5.95 Å². The lowest BCUT2D eigenvalue weighted by molar-refractivity contribution is 0.102. The number of aromatic nitrogens is 2. The number of benzene rings is 1. The summed E-state index contributed by atoms with van der Waals surface area (Å²) in [6.45, 7) is 5.59. The third-order valence-corrected chi connectivity index (χ3v) is 3.07. The molecule has 1 aromatic heterocycles. The van der Waals surface area contributed by atoms with Gasteiger partial charge in [-0.3, -0.25) is 4.79 Å². The first-order valence-electron chi connectivity index (χ1n) is 6.78. The van der Waals surface area contributed by atoms with E-state index in [0.717, 1.165) is 13.1 Å². The van der Waals surface area contributed by atoms with Crippen molar-refractivity contribution in [1.29, 1.82) is 0 Å². The SMILES string of the molecule is CCN(CC)c1ncc(C(=O)Nc2ccccc2F)cn1. The van der Waals surface area contributed by atoms with Gasteiger partial charge in [0.25, 0.3) is 5.91 Å². The fourth-order valence-corrected chi connectivity index (χ4v) is 1.87. The van der Waals surface area contributed by atoms with Gasteiger partial charge in [0.2, 0.25) is 5.95 Å². The normalized spacial score (nSPS) is 10.2. The zero-order chi connectivity index (χ0) is 15.2. The molecule has 0 radical (unpaired) electrons. The summed E-state index contributed by atoms with van der Waals surface area (Å²) in [4.78, 5) is 22.3. The van der Waals surface area contributed by atoms with E-state index >= 15 is 0 Å². The van der Waals surface area contributed by atoms with Gasteiger partial charge in [-0.15, -0.1) is 0 Å². The lowest BCUT2D eigenvalue weighted by Crippen LogP contribution is -2.24. The van der Waals surface area contributed by atoms with Crippen LogP contribution in [-0.2, 0) is 0 Å². The first-order chi connectivity index (χ1) is 10.2. The van der Waals surface area contributed by atoms with E-state index in [2.05, 4.69) is 15.3 Å². The van der Waals surface area contributed by atoms with E-state index in [-0.39, 0.29) is 11.3 Å². The number of nitrogens with zero attached hydrogens (tertiary/aromatic N) is 3. The van der Waals surface area contributed by atoms with Crippen molar-refractivity contribution in [3.63, 3.8) is 0 Å². The molecule has 0 aliphatic rings. The van der Waals surface area contributed by atoms with Crippen LogP contribution < -0.4 is 10.2 Å². The molecular formula is C15H17FN4O. The molecule has 0 aliphatic heterocycles. The van der Waals surface area contributed by atoms with Gasteiger partial charge in [-0.05, 0) is 26.0 Å². The Morgan fingerprint density at radius 2 is 1.81 bits per heavy atom. The molecule has 6 heteroatoms. The third kappa shape index (κ3) is 3.53. The minimum Gasteiger partial charge on any atom is -0.341 e. The molecule has 0 atom stereocenters. The molecular weight excluding hydrogens is 271 g/mol. The Labute approximate surface area is 122 Å². The van der Waals surface area contributed by atoms with Crippen LogP contribution in [0, 0.1) is 5.82 Å². The summed E-state index contributed by atoms with van der Waals surface area (Å²) in [6.07, 6.45) is 2.88. The van der Waals surface area contributed by atoms with Crippen LogP contribution in [0.15, 0.2) is 36.7 Å². The van der Waals surface area contributed by atoms with E-state index in [4.69, 9.17) is 0 Å². The second-order valence-electron chi connectivity index (χ2n) is 4.38. The maximum absolute atomic E-state index is 13.5. The minimum absolute atomic E-state index is 0.135. The number of amides is 1. The molecule has 1 N–H and O–H groups in total. The Morgan fingerprint density at radius 1 is 1.19 bits per heavy atom.